The van der Waals surface area contributed by atoms with Crippen molar-refractivity contribution < 1.29 is 9.53 Å². The predicted octanol–water partition coefficient (Wildman–Crippen LogP) is 2.33. The number of nitrogens with zero attached hydrogens (tertiary/aromatic N) is 5. The van der Waals surface area contributed by atoms with Crippen LogP contribution in [0.4, 0.5) is 5.69 Å². The van der Waals surface area contributed by atoms with E-state index in [-0.39, 0.29) is 18.1 Å². The van der Waals surface area contributed by atoms with E-state index >= 15 is 0 Å². The summed E-state index contributed by atoms with van der Waals surface area (Å²) in [5, 5.41) is 7.55. The van der Waals surface area contributed by atoms with E-state index in [1.807, 2.05) is 38.9 Å². The lowest BCUT2D eigenvalue weighted by Crippen LogP contribution is -2.55. The first-order valence-electron chi connectivity index (χ1n) is 10.2. The Labute approximate surface area is 178 Å². The van der Waals surface area contributed by atoms with Crippen LogP contribution in [-0.2, 0) is 18.4 Å². The van der Waals surface area contributed by atoms with Gasteiger partial charge in [0.15, 0.2) is 5.96 Å². The molecule has 1 N–H and O–H groups in total. The molecule has 1 aliphatic heterocycles. The van der Waals surface area contributed by atoms with Gasteiger partial charge in [-0.1, -0.05) is 12.1 Å². The summed E-state index contributed by atoms with van der Waals surface area (Å²) in [6.45, 7) is 10.3. The molecule has 8 nitrogen and oxygen atoms in total. The van der Waals surface area contributed by atoms with Crippen molar-refractivity contribution in [2.45, 2.75) is 39.8 Å². The van der Waals surface area contributed by atoms with Crippen LogP contribution in [0.1, 0.15) is 31.9 Å². The van der Waals surface area contributed by atoms with Crippen LogP contribution < -0.4 is 15.0 Å². The van der Waals surface area contributed by atoms with Crippen LogP contribution >= 0.6 is 0 Å². The summed E-state index contributed by atoms with van der Waals surface area (Å²) in [5.74, 6) is 1.60. The first-order chi connectivity index (χ1) is 14.2. The van der Waals surface area contributed by atoms with Crippen molar-refractivity contribution in [3.05, 3.63) is 41.7 Å². The standard InChI is InChI=1S/C22H32N6O2/c1-16-7-8-17(19(11-16)30-22(2,3)4)12-24-21(23-5)27-9-10-28(20(29)15-27)18-13-25-26(6)14-18/h7-8,11,13-14H,9-10,12,15H2,1-6H3,(H,23,24). The molecule has 2 heterocycles. The Morgan fingerprint density at radius 3 is 2.67 bits per heavy atom. The molecule has 1 fully saturated rings. The molecule has 0 unspecified atom stereocenters. The van der Waals surface area contributed by atoms with E-state index in [0.717, 1.165) is 22.6 Å². The third kappa shape index (κ3) is 5.31. The van der Waals surface area contributed by atoms with Gasteiger partial charge < -0.3 is 19.9 Å². The number of benzene rings is 1. The van der Waals surface area contributed by atoms with E-state index in [2.05, 4.69) is 40.5 Å². The Kier molecular flexibility index (Phi) is 6.34. The fourth-order valence-electron chi connectivity index (χ4n) is 3.41. The smallest absolute Gasteiger partial charge is 0.246 e. The van der Waals surface area contributed by atoms with Gasteiger partial charge in [0, 0.05) is 45.5 Å². The summed E-state index contributed by atoms with van der Waals surface area (Å²) in [4.78, 5) is 20.8. The zero-order chi connectivity index (χ0) is 21.9. The maximum absolute atomic E-state index is 12.7. The molecule has 0 atom stereocenters. The second-order valence-electron chi connectivity index (χ2n) is 8.57. The van der Waals surface area contributed by atoms with E-state index < -0.39 is 0 Å². The van der Waals surface area contributed by atoms with Gasteiger partial charge in [-0.15, -0.1) is 0 Å². The number of rotatable bonds is 4. The second-order valence-corrected chi connectivity index (χ2v) is 8.57. The highest BCUT2D eigenvalue weighted by atomic mass is 16.5. The van der Waals surface area contributed by atoms with E-state index in [0.29, 0.717) is 25.6 Å². The Morgan fingerprint density at radius 2 is 2.07 bits per heavy atom. The molecular formula is C22H32N6O2. The molecule has 0 saturated carbocycles. The van der Waals surface area contributed by atoms with Crippen molar-refractivity contribution in [2.75, 3.05) is 31.6 Å². The van der Waals surface area contributed by atoms with Crippen LogP contribution in [0.15, 0.2) is 35.6 Å². The summed E-state index contributed by atoms with van der Waals surface area (Å²) < 4.78 is 7.85. The number of amides is 1. The third-order valence-corrected chi connectivity index (χ3v) is 4.81. The fraction of sp³-hybridized carbons (Fsp3) is 0.500. The summed E-state index contributed by atoms with van der Waals surface area (Å²) >= 11 is 0. The average molecular weight is 413 g/mol. The number of carbonyl (C=O) groups is 1. The number of aliphatic imine (C=N–C) groups is 1. The number of guanidine groups is 1. The summed E-state index contributed by atoms with van der Waals surface area (Å²) in [6, 6.07) is 6.20. The highest BCUT2D eigenvalue weighted by molar-refractivity contribution is 5.98. The lowest BCUT2D eigenvalue weighted by atomic mass is 10.1. The number of hydrogen-bond acceptors (Lipinski definition) is 4. The molecule has 8 heteroatoms. The minimum absolute atomic E-state index is 0.0318. The van der Waals surface area contributed by atoms with Gasteiger partial charge in [0.25, 0.3) is 0 Å². The van der Waals surface area contributed by atoms with Crippen molar-refractivity contribution in [1.29, 1.82) is 0 Å². The lowest BCUT2D eigenvalue weighted by Gasteiger charge is -2.35. The number of piperazine rings is 1. The largest absolute Gasteiger partial charge is 0.488 e. The van der Waals surface area contributed by atoms with Crippen molar-refractivity contribution in [2.24, 2.45) is 12.0 Å². The Hall–Kier alpha value is -3.03. The molecule has 1 amide bonds. The molecule has 0 aliphatic carbocycles. The Morgan fingerprint density at radius 1 is 1.30 bits per heavy atom. The van der Waals surface area contributed by atoms with Crippen LogP contribution in [0.3, 0.4) is 0 Å². The van der Waals surface area contributed by atoms with Crippen LogP contribution in [0.25, 0.3) is 0 Å². The van der Waals surface area contributed by atoms with Crippen LogP contribution in [0, 0.1) is 6.92 Å². The molecule has 0 radical (unpaired) electrons. The van der Waals surface area contributed by atoms with Gasteiger partial charge in [-0.05, 0) is 39.3 Å². The monoisotopic (exact) mass is 412 g/mol. The van der Waals surface area contributed by atoms with Crippen LogP contribution in [-0.4, -0.2) is 58.8 Å². The summed E-state index contributed by atoms with van der Waals surface area (Å²) in [5.41, 5.74) is 2.75. The van der Waals surface area contributed by atoms with Crippen molar-refractivity contribution in [3.63, 3.8) is 0 Å². The number of carbonyl (C=O) groups excluding carboxylic acids is 1. The molecule has 1 saturated heterocycles. The molecule has 30 heavy (non-hydrogen) atoms. The second kappa shape index (κ2) is 8.77. The van der Waals surface area contributed by atoms with E-state index in [1.165, 1.54) is 0 Å². The van der Waals surface area contributed by atoms with E-state index in [1.54, 1.807) is 22.8 Å². The van der Waals surface area contributed by atoms with Gasteiger partial charge in [0.1, 0.15) is 17.9 Å². The lowest BCUT2D eigenvalue weighted by molar-refractivity contribution is -0.120. The molecule has 1 aliphatic rings. The number of hydrogen-bond donors (Lipinski definition) is 1. The minimum Gasteiger partial charge on any atom is -0.488 e. The number of aryl methyl sites for hydroxylation is 2. The zero-order valence-corrected chi connectivity index (χ0v) is 18.8. The van der Waals surface area contributed by atoms with Crippen LogP contribution in [0.2, 0.25) is 0 Å². The summed E-state index contributed by atoms with van der Waals surface area (Å²) in [7, 11) is 3.58. The van der Waals surface area contributed by atoms with Crippen molar-refractivity contribution >= 4 is 17.6 Å². The molecular weight excluding hydrogens is 380 g/mol. The molecule has 3 rings (SSSR count). The zero-order valence-electron chi connectivity index (χ0n) is 18.8. The topological polar surface area (TPSA) is 75.0 Å². The maximum atomic E-state index is 12.7. The molecule has 1 aromatic heterocycles. The minimum atomic E-state index is -0.279. The van der Waals surface area contributed by atoms with E-state index in [9.17, 15) is 4.79 Å². The van der Waals surface area contributed by atoms with Crippen molar-refractivity contribution in [1.82, 2.24) is 20.0 Å². The Balaban J connectivity index is 1.65. The number of nitrogens with one attached hydrogen (secondary N) is 1. The molecule has 0 spiro atoms. The highest BCUT2D eigenvalue weighted by Gasteiger charge is 2.27. The van der Waals surface area contributed by atoms with Gasteiger partial charge in [0.2, 0.25) is 5.91 Å². The fourth-order valence-corrected chi connectivity index (χ4v) is 3.41. The molecule has 0 bridgehead atoms. The van der Waals surface area contributed by atoms with Gasteiger partial charge in [-0.2, -0.15) is 5.10 Å². The molecule has 162 valence electrons. The van der Waals surface area contributed by atoms with Gasteiger partial charge in [-0.3, -0.25) is 14.5 Å². The number of aromatic nitrogens is 2. The molecule has 2 aromatic rings. The third-order valence-electron chi connectivity index (χ3n) is 4.81. The van der Waals surface area contributed by atoms with Gasteiger partial charge >= 0.3 is 0 Å². The van der Waals surface area contributed by atoms with Gasteiger partial charge in [-0.25, -0.2) is 0 Å². The van der Waals surface area contributed by atoms with Crippen LogP contribution in [0.5, 0.6) is 5.75 Å². The van der Waals surface area contributed by atoms with Crippen molar-refractivity contribution in [3.8, 4) is 5.75 Å². The maximum Gasteiger partial charge on any atom is 0.246 e. The average Bonchev–Trinajstić information content (AvgIpc) is 3.08. The normalized spacial score (nSPS) is 15.5. The molecule has 1 aromatic carbocycles. The number of ether oxygens (including phenoxy) is 1. The quantitative estimate of drug-likeness (QED) is 0.616. The first-order valence-corrected chi connectivity index (χ1v) is 10.2. The number of anilines is 1. The highest BCUT2D eigenvalue weighted by Crippen LogP contribution is 2.25. The van der Waals surface area contributed by atoms with E-state index in [4.69, 9.17) is 4.74 Å². The first kappa shape index (κ1) is 21.7. The predicted molar refractivity (Wildman–Crippen MR) is 119 cm³/mol. The SMILES string of the molecule is CN=C(NCc1ccc(C)cc1OC(C)(C)C)N1CCN(c2cnn(C)c2)C(=O)C1. The summed E-state index contributed by atoms with van der Waals surface area (Å²) in [6.07, 6.45) is 3.57. The Bertz CT molecular complexity index is 928. The van der Waals surface area contributed by atoms with Gasteiger partial charge in [0.05, 0.1) is 11.9 Å².